The van der Waals surface area contributed by atoms with Crippen molar-refractivity contribution < 1.29 is 9.59 Å². The minimum atomic E-state index is -0.0555. The molecule has 0 unspecified atom stereocenters. The average molecular weight is 468 g/mol. The zero-order valence-corrected chi connectivity index (χ0v) is 20.6. The maximum atomic E-state index is 12.7. The number of carbonyl (C=O) groups excluding carboxylic acids is 2. The molecule has 1 N–H and O–H groups in total. The normalized spacial score (nSPS) is 17.2. The molecule has 1 saturated heterocycles. The summed E-state index contributed by atoms with van der Waals surface area (Å²) in [5.74, 6) is 0.430. The highest BCUT2D eigenvalue weighted by molar-refractivity contribution is 8.00. The molecule has 0 atom stereocenters. The number of aryl methyl sites for hydroxylation is 2. The van der Waals surface area contributed by atoms with E-state index in [1.54, 1.807) is 0 Å². The average Bonchev–Trinajstić information content (AvgIpc) is 2.81. The SMILES string of the molecule is CCN1CCN(CCNC(=O)c2ccc(CN3C(=O)CSc4nc(C)cc(C)c43)cc2)CC1. The number of likely N-dealkylation sites (N-methyl/N-ethyl adjacent to an activating group) is 1. The van der Waals surface area contributed by atoms with Crippen LogP contribution >= 0.6 is 11.8 Å². The lowest BCUT2D eigenvalue weighted by Gasteiger charge is -2.33. The number of rotatable bonds is 7. The van der Waals surface area contributed by atoms with Crippen LogP contribution in [0.1, 0.15) is 34.1 Å². The van der Waals surface area contributed by atoms with Gasteiger partial charge in [0.15, 0.2) is 0 Å². The Hall–Kier alpha value is -2.42. The predicted molar refractivity (Wildman–Crippen MR) is 133 cm³/mol. The molecule has 1 aromatic carbocycles. The Morgan fingerprint density at radius 2 is 1.79 bits per heavy atom. The first-order valence-corrected chi connectivity index (χ1v) is 12.7. The van der Waals surface area contributed by atoms with Crippen LogP contribution in [-0.2, 0) is 11.3 Å². The van der Waals surface area contributed by atoms with Gasteiger partial charge in [0.1, 0.15) is 5.03 Å². The third-order valence-corrected chi connectivity index (χ3v) is 7.31. The van der Waals surface area contributed by atoms with E-state index in [1.165, 1.54) is 11.8 Å². The lowest BCUT2D eigenvalue weighted by molar-refractivity contribution is -0.116. The lowest BCUT2D eigenvalue weighted by atomic mass is 10.1. The van der Waals surface area contributed by atoms with E-state index in [-0.39, 0.29) is 11.8 Å². The van der Waals surface area contributed by atoms with Crippen molar-refractivity contribution in [1.82, 2.24) is 20.1 Å². The maximum Gasteiger partial charge on any atom is 0.251 e. The molecule has 1 fully saturated rings. The van der Waals surface area contributed by atoms with E-state index >= 15 is 0 Å². The van der Waals surface area contributed by atoms with Crippen molar-refractivity contribution in [3.05, 3.63) is 52.7 Å². The van der Waals surface area contributed by atoms with Crippen molar-refractivity contribution >= 4 is 29.3 Å². The number of carbonyl (C=O) groups is 2. The van der Waals surface area contributed by atoms with E-state index in [1.807, 2.05) is 49.1 Å². The molecule has 0 radical (unpaired) electrons. The summed E-state index contributed by atoms with van der Waals surface area (Å²) >= 11 is 1.50. The van der Waals surface area contributed by atoms with Crippen LogP contribution in [0.15, 0.2) is 35.4 Å². The number of amides is 2. The Morgan fingerprint density at radius 3 is 2.48 bits per heavy atom. The number of thioether (sulfide) groups is 1. The van der Waals surface area contributed by atoms with Crippen molar-refractivity contribution in [2.24, 2.45) is 0 Å². The van der Waals surface area contributed by atoms with E-state index < -0.39 is 0 Å². The highest BCUT2D eigenvalue weighted by Gasteiger charge is 2.28. The van der Waals surface area contributed by atoms with Crippen LogP contribution in [0.2, 0.25) is 0 Å². The van der Waals surface area contributed by atoms with Crippen LogP contribution in [-0.4, -0.2) is 78.2 Å². The summed E-state index contributed by atoms with van der Waals surface area (Å²) in [6.45, 7) is 13.6. The predicted octanol–water partition coefficient (Wildman–Crippen LogP) is 2.70. The van der Waals surface area contributed by atoms with Gasteiger partial charge in [0.05, 0.1) is 18.0 Å². The topological polar surface area (TPSA) is 68.8 Å². The zero-order chi connectivity index (χ0) is 23.4. The molecule has 33 heavy (non-hydrogen) atoms. The first-order valence-electron chi connectivity index (χ1n) is 11.7. The Bertz CT molecular complexity index is 1000. The molecular formula is C25H33N5O2S. The number of hydrogen-bond donors (Lipinski definition) is 1. The van der Waals surface area contributed by atoms with E-state index in [9.17, 15) is 9.59 Å². The highest BCUT2D eigenvalue weighted by Crippen LogP contribution is 2.37. The number of aromatic nitrogens is 1. The summed E-state index contributed by atoms with van der Waals surface area (Å²) < 4.78 is 0. The van der Waals surface area contributed by atoms with Gasteiger partial charge in [-0.1, -0.05) is 30.8 Å². The molecule has 1 aromatic heterocycles. The number of pyridine rings is 1. The first kappa shape index (κ1) is 23.7. The summed E-state index contributed by atoms with van der Waals surface area (Å²) in [7, 11) is 0. The minimum Gasteiger partial charge on any atom is -0.351 e. The largest absolute Gasteiger partial charge is 0.351 e. The summed E-state index contributed by atoms with van der Waals surface area (Å²) in [4.78, 5) is 36.5. The molecule has 3 heterocycles. The Kier molecular flexibility index (Phi) is 7.67. The third-order valence-electron chi connectivity index (χ3n) is 6.37. The van der Waals surface area contributed by atoms with Crippen molar-refractivity contribution in [2.45, 2.75) is 32.3 Å². The quantitative estimate of drug-likeness (QED) is 0.675. The molecular weight excluding hydrogens is 434 g/mol. The summed E-state index contributed by atoms with van der Waals surface area (Å²) in [5.41, 5.74) is 4.57. The number of piperazine rings is 1. The second-order valence-corrected chi connectivity index (χ2v) is 9.70. The molecule has 0 bridgehead atoms. The molecule has 0 saturated carbocycles. The van der Waals surface area contributed by atoms with Crippen molar-refractivity contribution in [1.29, 1.82) is 0 Å². The molecule has 8 heteroatoms. The van der Waals surface area contributed by atoms with Gasteiger partial charge >= 0.3 is 0 Å². The molecule has 176 valence electrons. The number of hydrogen-bond acceptors (Lipinski definition) is 6. The highest BCUT2D eigenvalue weighted by atomic mass is 32.2. The van der Waals surface area contributed by atoms with Gasteiger partial charge < -0.3 is 15.1 Å². The fraction of sp³-hybridized carbons (Fsp3) is 0.480. The van der Waals surface area contributed by atoms with Crippen LogP contribution in [0.4, 0.5) is 5.69 Å². The number of benzene rings is 1. The van der Waals surface area contributed by atoms with E-state index in [0.717, 1.165) is 66.8 Å². The van der Waals surface area contributed by atoms with Crippen molar-refractivity contribution in [3.63, 3.8) is 0 Å². The van der Waals surface area contributed by atoms with Crippen LogP contribution in [0.25, 0.3) is 0 Å². The summed E-state index contributed by atoms with van der Waals surface area (Å²) in [6, 6.07) is 9.57. The van der Waals surface area contributed by atoms with Gasteiger partial charge in [-0.05, 0) is 49.7 Å². The monoisotopic (exact) mass is 467 g/mol. The summed E-state index contributed by atoms with van der Waals surface area (Å²) in [5, 5.41) is 3.95. The molecule has 2 aromatic rings. The van der Waals surface area contributed by atoms with Gasteiger partial charge in [-0.2, -0.15) is 0 Å². The van der Waals surface area contributed by atoms with Gasteiger partial charge in [0, 0.05) is 50.5 Å². The van der Waals surface area contributed by atoms with Gasteiger partial charge in [-0.15, -0.1) is 0 Å². The zero-order valence-electron chi connectivity index (χ0n) is 19.8. The number of nitrogens with one attached hydrogen (secondary N) is 1. The van der Waals surface area contributed by atoms with Crippen LogP contribution in [0.3, 0.4) is 0 Å². The van der Waals surface area contributed by atoms with Crippen molar-refractivity contribution in [2.75, 3.05) is 56.5 Å². The smallest absolute Gasteiger partial charge is 0.251 e. The lowest BCUT2D eigenvalue weighted by Crippen LogP contribution is -2.48. The third kappa shape index (κ3) is 5.75. The second kappa shape index (κ2) is 10.7. The number of anilines is 1. The van der Waals surface area contributed by atoms with E-state index in [0.29, 0.717) is 24.4 Å². The Morgan fingerprint density at radius 1 is 1.09 bits per heavy atom. The maximum absolute atomic E-state index is 12.7. The van der Waals surface area contributed by atoms with Gasteiger partial charge in [-0.3, -0.25) is 14.5 Å². The van der Waals surface area contributed by atoms with Crippen LogP contribution in [0.5, 0.6) is 0 Å². The molecule has 0 aliphatic carbocycles. The molecule has 2 aliphatic heterocycles. The summed E-state index contributed by atoms with van der Waals surface area (Å²) in [6.07, 6.45) is 0. The standard InChI is InChI=1S/C25H33N5O2S/c1-4-28-11-13-29(14-12-28)10-9-26-24(32)21-7-5-20(6-8-21)16-30-22(31)17-33-25-23(30)18(2)15-19(3)27-25/h5-8,15H,4,9-14,16-17H2,1-3H3,(H,26,32). The van der Waals surface area contributed by atoms with Crippen LogP contribution < -0.4 is 10.2 Å². The van der Waals surface area contributed by atoms with Gasteiger partial charge in [0.2, 0.25) is 5.91 Å². The van der Waals surface area contributed by atoms with E-state index in [2.05, 4.69) is 27.0 Å². The fourth-order valence-corrected chi connectivity index (χ4v) is 5.46. The Labute approximate surface area is 200 Å². The molecule has 7 nitrogen and oxygen atoms in total. The molecule has 2 aliphatic rings. The molecule has 2 amide bonds. The molecule has 4 rings (SSSR count). The van der Waals surface area contributed by atoms with Gasteiger partial charge in [0.25, 0.3) is 5.91 Å². The number of fused-ring (bicyclic) bond motifs is 1. The fourth-order valence-electron chi connectivity index (χ4n) is 4.43. The van der Waals surface area contributed by atoms with Crippen molar-refractivity contribution in [3.8, 4) is 0 Å². The van der Waals surface area contributed by atoms with Crippen LogP contribution in [0, 0.1) is 13.8 Å². The molecule has 0 spiro atoms. The van der Waals surface area contributed by atoms with Gasteiger partial charge in [-0.25, -0.2) is 4.98 Å². The second-order valence-electron chi connectivity index (χ2n) is 8.73. The Balaban J connectivity index is 1.32. The minimum absolute atomic E-state index is 0.0555. The number of nitrogens with zero attached hydrogens (tertiary/aromatic N) is 4. The first-order chi connectivity index (χ1) is 15.9. The van der Waals surface area contributed by atoms with E-state index in [4.69, 9.17) is 0 Å².